The molecule has 0 nitrogen and oxygen atoms in total. The molecule has 0 aliphatic rings. The van der Waals surface area contributed by atoms with Crippen LogP contribution in [-0.4, -0.2) is 0 Å². The SMILES string of the molecule is Cc1ccc2c(ccc3cc[c]cc32)c1. The maximum Gasteiger partial charge on any atom is -0.00992 e. The zero-order valence-corrected chi connectivity index (χ0v) is 8.62. The minimum atomic E-state index is 1.28. The molecule has 0 saturated carbocycles. The lowest BCUT2D eigenvalue weighted by Crippen LogP contribution is -1.78. The second-order valence-electron chi connectivity index (χ2n) is 3.94. The van der Waals surface area contributed by atoms with E-state index in [2.05, 4.69) is 55.5 Å². The quantitative estimate of drug-likeness (QED) is 0.469. The van der Waals surface area contributed by atoms with Crippen molar-refractivity contribution >= 4 is 21.5 Å². The molecule has 0 bridgehead atoms. The summed E-state index contributed by atoms with van der Waals surface area (Å²) >= 11 is 0. The fraction of sp³-hybridized carbons (Fsp3) is 0.0667. The molecule has 3 aromatic carbocycles. The van der Waals surface area contributed by atoms with E-state index >= 15 is 0 Å². The van der Waals surface area contributed by atoms with Gasteiger partial charge in [-0.2, -0.15) is 0 Å². The van der Waals surface area contributed by atoms with Crippen molar-refractivity contribution in [2.24, 2.45) is 0 Å². The molecular formula is C15H11. The summed E-state index contributed by atoms with van der Waals surface area (Å²) in [4.78, 5) is 0. The zero-order valence-electron chi connectivity index (χ0n) is 8.62. The molecule has 1 radical (unpaired) electrons. The Morgan fingerprint density at radius 3 is 2.67 bits per heavy atom. The van der Waals surface area contributed by atoms with E-state index in [0.29, 0.717) is 0 Å². The van der Waals surface area contributed by atoms with Crippen molar-refractivity contribution in [1.82, 2.24) is 0 Å². The highest BCUT2D eigenvalue weighted by molar-refractivity contribution is 6.07. The molecule has 0 aromatic heterocycles. The second kappa shape index (κ2) is 3.09. The van der Waals surface area contributed by atoms with Gasteiger partial charge in [-0.15, -0.1) is 0 Å². The largest absolute Gasteiger partial charge is 0.0587 e. The Bertz CT molecular complexity index is 636. The molecule has 0 heterocycles. The summed E-state index contributed by atoms with van der Waals surface area (Å²) < 4.78 is 0. The molecule has 0 N–H and O–H groups in total. The molecule has 0 atom stereocenters. The third-order valence-corrected chi connectivity index (χ3v) is 2.84. The van der Waals surface area contributed by atoms with Gasteiger partial charge < -0.3 is 0 Å². The maximum absolute atomic E-state index is 3.14. The van der Waals surface area contributed by atoms with Crippen molar-refractivity contribution in [2.45, 2.75) is 6.92 Å². The summed E-state index contributed by atoms with van der Waals surface area (Å²) in [5.74, 6) is 0. The van der Waals surface area contributed by atoms with Gasteiger partial charge in [-0.3, -0.25) is 0 Å². The standard InChI is InChI=1S/C15H11/c1-11-6-9-15-13(10-11)8-7-12-4-2-3-5-14(12)15/h2,4-10H,1H3. The van der Waals surface area contributed by atoms with Crippen LogP contribution < -0.4 is 0 Å². The van der Waals surface area contributed by atoms with E-state index in [1.165, 1.54) is 27.1 Å². The fourth-order valence-electron chi connectivity index (χ4n) is 2.07. The summed E-state index contributed by atoms with van der Waals surface area (Å²) in [7, 11) is 0. The van der Waals surface area contributed by atoms with Crippen LogP contribution in [0.1, 0.15) is 5.56 Å². The Morgan fingerprint density at radius 2 is 1.73 bits per heavy atom. The lowest BCUT2D eigenvalue weighted by molar-refractivity contribution is 1.51. The van der Waals surface area contributed by atoms with Gasteiger partial charge in [0.05, 0.1) is 0 Å². The van der Waals surface area contributed by atoms with E-state index < -0.39 is 0 Å². The second-order valence-corrected chi connectivity index (χ2v) is 3.94. The average molecular weight is 191 g/mol. The van der Waals surface area contributed by atoms with Gasteiger partial charge in [0.25, 0.3) is 0 Å². The van der Waals surface area contributed by atoms with Gasteiger partial charge in [-0.1, -0.05) is 48.0 Å². The molecule has 0 aliphatic heterocycles. The van der Waals surface area contributed by atoms with Gasteiger partial charge in [-0.25, -0.2) is 0 Å². The molecule has 0 fully saturated rings. The number of fused-ring (bicyclic) bond motifs is 3. The molecule has 15 heavy (non-hydrogen) atoms. The van der Waals surface area contributed by atoms with Crippen LogP contribution in [0.3, 0.4) is 0 Å². The molecule has 71 valence electrons. The summed E-state index contributed by atoms with van der Waals surface area (Å²) in [6.45, 7) is 2.13. The number of rotatable bonds is 0. The van der Waals surface area contributed by atoms with E-state index in [1.807, 2.05) is 6.07 Å². The molecule has 0 amide bonds. The van der Waals surface area contributed by atoms with Gasteiger partial charge in [0.2, 0.25) is 0 Å². The highest BCUT2D eigenvalue weighted by Crippen LogP contribution is 2.25. The van der Waals surface area contributed by atoms with E-state index in [4.69, 9.17) is 0 Å². The summed E-state index contributed by atoms with van der Waals surface area (Å²) in [5.41, 5.74) is 1.31. The highest BCUT2D eigenvalue weighted by atomic mass is 14.0. The van der Waals surface area contributed by atoms with Crippen LogP contribution in [0.5, 0.6) is 0 Å². The molecular weight excluding hydrogens is 180 g/mol. The maximum atomic E-state index is 3.14. The Morgan fingerprint density at radius 1 is 0.867 bits per heavy atom. The molecule has 0 spiro atoms. The van der Waals surface area contributed by atoms with Crippen LogP contribution in [0.2, 0.25) is 0 Å². The summed E-state index contributed by atoms with van der Waals surface area (Å²) in [6.07, 6.45) is 0. The summed E-state index contributed by atoms with van der Waals surface area (Å²) in [5, 5.41) is 5.19. The van der Waals surface area contributed by atoms with E-state index in [0.717, 1.165) is 0 Å². The van der Waals surface area contributed by atoms with Crippen molar-refractivity contribution < 1.29 is 0 Å². The van der Waals surface area contributed by atoms with E-state index in [-0.39, 0.29) is 0 Å². The van der Waals surface area contributed by atoms with Crippen LogP contribution >= 0.6 is 0 Å². The molecule has 0 aliphatic carbocycles. The zero-order chi connectivity index (χ0) is 10.3. The van der Waals surface area contributed by atoms with Gasteiger partial charge in [0.1, 0.15) is 0 Å². The minimum absolute atomic E-state index is 1.28. The lowest BCUT2D eigenvalue weighted by Gasteiger charge is -2.04. The molecule has 0 saturated heterocycles. The molecule has 3 rings (SSSR count). The van der Waals surface area contributed by atoms with E-state index in [1.54, 1.807) is 0 Å². The predicted octanol–water partition coefficient (Wildman–Crippen LogP) is 4.10. The van der Waals surface area contributed by atoms with Gasteiger partial charge in [0.15, 0.2) is 0 Å². The van der Waals surface area contributed by atoms with Gasteiger partial charge in [-0.05, 0) is 40.6 Å². The Balaban J connectivity index is 2.55. The van der Waals surface area contributed by atoms with Crippen LogP contribution in [0.15, 0.2) is 48.5 Å². The van der Waals surface area contributed by atoms with E-state index in [9.17, 15) is 0 Å². The van der Waals surface area contributed by atoms with Crippen molar-refractivity contribution in [1.29, 1.82) is 0 Å². The van der Waals surface area contributed by atoms with Crippen LogP contribution in [-0.2, 0) is 0 Å². The highest BCUT2D eigenvalue weighted by Gasteiger charge is 1.99. The number of benzene rings is 3. The Labute approximate surface area is 89.2 Å². The predicted molar refractivity (Wildman–Crippen MR) is 65.0 cm³/mol. The number of hydrogen-bond acceptors (Lipinski definition) is 0. The van der Waals surface area contributed by atoms with Crippen LogP contribution in [0.25, 0.3) is 21.5 Å². The number of aryl methyl sites for hydroxylation is 1. The van der Waals surface area contributed by atoms with Crippen LogP contribution in [0, 0.1) is 13.0 Å². The van der Waals surface area contributed by atoms with Crippen molar-refractivity contribution in [3.8, 4) is 0 Å². The smallest absolute Gasteiger partial charge is 0.00992 e. The monoisotopic (exact) mass is 191 g/mol. The first-order chi connectivity index (χ1) is 7.34. The third kappa shape index (κ3) is 1.30. The summed E-state index contributed by atoms with van der Waals surface area (Å²) in [6, 6.07) is 20.2. The first-order valence-corrected chi connectivity index (χ1v) is 5.14. The van der Waals surface area contributed by atoms with Crippen molar-refractivity contribution in [3.63, 3.8) is 0 Å². The van der Waals surface area contributed by atoms with Crippen LogP contribution in [0.4, 0.5) is 0 Å². The molecule has 0 heteroatoms. The average Bonchev–Trinajstić information content (AvgIpc) is 2.28. The van der Waals surface area contributed by atoms with Gasteiger partial charge in [0, 0.05) is 0 Å². The number of hydrogen-bond donors (Lipinski definition) is 0. The lowest BCUT2D eigenvalue weighted by atomic mass is 10.0. The van der Waals surface area contributed by atoms with Crippen molar-refractivity contribution in [3.05, 3.63) is 60.2 Å². The Hall–Kier alpha value is -1.82. The topological polar surface area (TPSA) is 0 Å². The Kier molecular flexibility index (Phi) is 1.75. The first kappa shape index (κ1) is 8.49. The van der Waals surface area contributed by atoms with Crippen molar-refractivity contribution in [2.75, 3.05) is 0 Å². The molecule has 0 unspecified atom stereocenters. The normalized spacial score (nSPS) is 11.0. The first-order valence-electron chi connectivity index (χ1n) is 5.14. The third-order valence-electron chi connectivity index (χ3n) is 2.84. The minimum Gasteiger partial charge on any atom is -0.0587 e. The fourth-order valence-corrected chi connectivity index (χ4v) is 2.07. The molecule has 3 aromatic rings. The van der Waals surface area contributed by atoms with Gasteiger partial charge >= 0.3 is 0 Å².